The zero-order chi connectivity index (χ0) is 36.3. The van der Waals surface area contributed by atoms with E-state index in [4.69, 9.17) is 4.74 Å². The summed E-state index contributed by atoms with van der Waals surface area (Å²) in [4.78, 5) is 40.9. The number of hydrogen-bond donors (Lipinski definition) is 4. The van der Waals surface area contributed by atoms with E-state index in [1.54, 1.807) is 17.0 Å². The van der Waals surface area contributed by atoms with Crippen LogP contribution in [-0.2, 0) is 16.1 Å². The first kappa shape index (κ1) is 34.7. The molecule has 0 spiro atoms. The number of imide groups is 1. The highest BCUT2D eigenvalue weighted by Crippen LogP contribution is 2.47. The molecule has 4 heterocycles. The van der Waals surface area contributed by atoms with E-state index in [0.717, 1.165) is 61.7 Å². The van der Waals surface area contributed by atoms with Crippen molar-refractivity contribution in [2.45, 2.75) is 56.5 Å². The van der Waals surface area contributed by atoms with Crippen molar-refractivity contribution in [2.75, 3.05) is 49.5 Å². The van der Waals surface area contributed by atoms with Gasteiger partial charge in [0.25, 0.3) is 5.91 Å². The molecule has 2 saturated heterocycles. The normalized spacial score (nSPS) is 21.5. The Balaban J connectivity index is 0.780. The van der Waals surface area contributed by atoms with Gasteiger partial charge in [-0.05, 0) is 91.2 Å². The van der Waals surface area contributed by atoms with Gasteiger partial charge < -0.3 is 30.3 Å². The number of fused-ring (bicyclic) bond motifs is 2. The third-order valence-corrected chi connectivity index (χ3v) is 11.5. The molecule has 3 amide bonds. The van der Waals surface area contributed by atoms with Crippen molar-refractivity contribution < 1.29 is 24.2 Å². The summed E-state index contributed by atoms with van der Waals surface area (Å²) in [6.45, 7) is 5.65. The van der Waals surface area contributed by atoms with Gasteiger partial charge in [-0.25, -0.2) is 0 Å². The van der Waals surface area contributed by atoms with E-state index < -0.39 is 6.04 Å². The molecule has 4 aliphatic heterocycles. The highest BCUT2D eigenvalue weighted by Gasteiger charge is 2.39. The molecule has 2 fully saturated rings. The molecule has 0 aliphatic carbocycles. The highest BCUT2D eigenvalue weighted by molar-refractivity contribution is 6.05. The van der Waals surface area contributed by atoms with Crippen LogP contribution in [0.3, 0.4) is 0 Å². The predicted molar refractivity (Wildman–Crippen MR) is 204 cm³/mol. The molecule has 0 bridgehead atoms. The Morgan fingerprint density at radius 3 is 2.43 bits per heavy atom. The lowest BCUT2D eigenvalue weighted by molar-refractivity contribution is -0.136. The molecule has 4 N–H and O–H groups in total. The van der Waals surface area contributed by atoms with Crippen LogP contribution in [0.25, 0.3) is 0 Å². The van der Waals surface area contributed by atoms with Crippen molar-refractivity contribution in [1.29, 1.82) is 0 Å². The van der Waals surface area contributed by atoms with Crippen molar-refractivity contribution in [1.82, 2.24) is 15.5 Å². The largest absolute Gasteiger partial charge is 0.508 e. The zero-order valence-corrected chi connectivity index (χ0v) is 29.9. The van der Waals surface area contributed by atoms with Gasteiger partial charge in [-0.15, -0.1) is 0 Å². The smallest absolute Gasteiger partial charge is 0.255 e. The van der Waals surface area contributed by atoms with Crippen molar-refractivity contribution in [3.05, 3.63) is 119 Å². The molecular formula is C43H47N5O5. The van der Waals surface area contributed by atoms with E-state index in [9.17, 15) is 19.5 Å². The molecule has 3 atom stereocenters. The first-order valence-corrected chi connectivity index (χ1v) is 19.0. The molecule has 0 radical (unpaired) electrons. The number of phenolic OH excluding ortho intramolecular Hbond substituents is 1. The second kappa shape index (κ2) is 15.3. The maximum absolute atomic E-state index is 13.0. The quantitative estimate of drug-likeness (QED) is 0.114. The molecule has 0 aromatic heterocycles. The number of benzene rings is 4. The number of carbonyl (C=O) groups excluding carboxylic acids is 3. The van der Waals surface area contributed by atoms with E-state index in [-0.39, 0.29) is 41.7 Å². The lowest BCUT2D eigenvalue weighted by atomic mass is 9.76. The molecule has 4 aromatic rings. The van der Waals surface area contributed by atoms with Gasteiger partial charge in [-0.1, -0.05) is 48.5 Å². The standard InChI is InChI=1S/C43H47N5O5/c49-34-11-13-36-39(25-34)53-27-37(29-4-2-1-3-5-29)41(36)30-6-9-33(10-7-30)47-22-17-28(18-23-47)16-19-44-20-21-45-32-8-12-35-31(24-32)26-48(43(35)52)38-14-15-40(50)46-42(38)51/h1-13,24-25,28,37-38,41,44-45,49H,14-23,26-27H2,(H,46,50,51)/t37-,38+,41-/m1/s1. The molecule has 4 aromatic carbocycles. The van der Waals surface area contributed by atoms with Gasteiger partial charge in [0.1, 0.15) is 17.5 Å². The Bertz CT molecular complexity index is 1960. The van der Waals surface area contributed by atoms with Crippen LogP contribution in [0.2, 0.25) is 0 Å². The van der Waals surface area contributed by atoms with Crippen LogP contribution in [0.15, 0.2) is 91.0 Å². The fourth-order valence-electron chi connectivity index (χ4n) is 8.58. The van der Waals surface area contributed by atoms with Crippen LogP contribution in [0.4, 0.5) is 11.4 Å². The molecule has 8 rings (SSSR count). The second-order valence-electron chi connectivity index (χ2n) is 14.8. The van der Waals surface area contributed by atoms with Crippen LogP contribution in [-0.4, -0.2) is 73.1 Å². The summed E-state index contributed by atoms with van der Waals surface area (Å²) in [6.07, 6.45) is 4.13. The van der Waals surface area contributed by atoms with Crippen molar-refractivity contribution >= 4 is 29.1 Å². The summed E-state index contributed by atoms with van der Waals surface area (Å²) >= 11 is 0. The first-order valence-electron chi connectivity index (χ1n) is 19.0. The molecule has 53 heavy (non-hydrogen) atoms. The molecule has 10 nitrogen and oxygen atoms in total. The first-order chi connectivity index (χ1) is 25.9. The number of aromatic hydroxyl groups is 1. The summed E-state index contributed by atoms with van der Waals surface area (Å²) in [5.74, 6) is 1.20. The number of nitrogens with one attached hydrogen (secondary N) is 3. The average Bonchev–Trinajstić information content (AvgIpc) is 3.51. The lowest BCUT2D eigenvalue weighted by Gasteiger charge is -2.36. The Morgan fingerprint density at radius 2 is 1.64 bits per heavy atom. The fourth-order valence-corrected chi connectivity index (χ4v) is 8.58. The van der Waals surface area contributed by atoms with Crippen LogP contribution in [0.1, 0.15) is 76.6 Å². The Morgan fingerprint density at radius 1 is 0.830 bits per heavy atom. The maximum Gasteiger partial charge on any atom is 0.255 e. The van der Waals surface area contributed by atoms with E-state index in [0.29, 0.717) is 31.1 Å². The number of amides is 3. The number of phenols is 1. The molecule has 274 valence electrons. The van der Waals surface area contributed by atoms with Gasteiger partial charge in [0.05, 0.1) is 6.61 Å². The number of rotatable bonds is 11. The van der Waals surface area contributed by atoms with Gasteiger partial charge in [0.15, 0.2) is 0 Å². The minimum absolute atomic E-state index is 0.140. The second-order valence-corrected chi connectivity index (χ2v) is 14.8. The van der Waals surface area contributed by atoms with Crippen LogP contribution in [0, 0.1) is 5.92 Å². The molecular weight excluding hydrogens is 667 g/mol. The van der Waals surface area contributed by atoms with Crippen LogP contribution in [0.5, 0.6) is 11.5 Å². The minimum atomic E-state index is -0.597. The zero-order valence-electron chi connectivity index (χ0n) is 29.9. The van der Waals surface area contributed by atoms with Gasteiger partial charge in [0.2, 0.25) is 11.8 Å². The topological polar surface area (TPSA) is 123 Å². The monoisotopic (exact) mass is 713 g/mol. The van der Waals surface area contributed by atoms with E-state index in [1.807, 2.05) is 30.3 Å². The van der Waals surface area contributed by atoms with Gasteiger partial charge in [-0.3, -0.25) is 19.7 Å². The number of ether oxygens (including phenoxy) is 1. The fraction of sp³-hybridized carbons (Fsp3) is 0.372. The minimum Gasteiger partial charge on any atom is -0.508 e. The summed E-state index contributed by atoms with van der Waals surface area (Å²) in [5, 5.41) is 19.5. The molecule has 0 saturated carbocycles. The summed E-state index contributed by atoms with van der Waals surface area (Å²) in [5.41, 5.74) is 7.39. The highest BCUT2D eigenvalue weighted by atomic mass is 16.5. The summed E-state index contributed by atoms with van der Waals surface area (Å²) in [7, 11) is 0. The van der Waals surface area contributed by atoms with Gasteiger partial charge in [0, 0.05) is 79.5 Å². The summed E-state index contributed by atoms with van der Waals surface area (Å²) < 4.78 is 6.15. The Labute approximate surface area is 310 Å². The number of piperidine rings is 2. The van der Waals surface area contributed by atoms with Gasteiger partial charge in [-0.2, -0.15) is 0 Å². The molecule has 10 heteroatoms. The molecule has 4 aliphatic rings. The Kier molecular flexibility index (Phi) is 10.0. The van der Waals surface area contributed by atoms with Crippen LogP contribution < -0.4 is 25.6 Å². The Hall–Kier alpha value is -5.35. The van der Waals surface area contributed by atoms with Crippen LogP contribution >= 0.6 is 0 Å². The average molecular weight is 714 g/mol. The van der Waals surface area contributed by atoms with Crippen molar-refractivity contribution in [2.24, 2.45) is 5.92 Å². The summed E-state index contributed by atoms with van der Waals surface area (Å²) in [6, 6.07) is 30.3. The third kappa shape index (κ3) is 7.46. The van der Waals surface area contributed by atoms with Crippen molar-refractivity contribution in [3.63, 3.8) is 0 Å². The number of carbonyl (C=O) groups is 3. The SMILES string of the molecule is O=C1CC[C@H](N2Cc3cc(NCCNCCC4CCN(c5ccc([C@@H]6c7ccc(O)cc7OC[C@@H]6c6ccccc6)cc5)CC4)ccc3C2=O)C(=O)N1. The number of nitrogens with zero attached hydrogens (tertiary/aromatic N) is 2. The third-order valence-electron chi connectivity index (χ3n) is 11.5. The molecule has 0 unspecified atom stereocenters. The number of anilines is 2. The predicted octanol–water partition coefficient (Wildman–Crippen LogP) is 5.77. The lowest BCUT2D eigenvalue weighted by Crippen LogP contribution is -2.52. The van der Waals surface area contributed by atoms with E-state index >= 15 is 0 Å². The maximum atomic E-state index is 13.0. The van der Waals surface area contributed by atoms with E-state index in [2.05, 4.69) is 69.4 Å². The number of hydrogen-bond acceptors (Lipinski definition) is 8. The van der Waals surface area contributed by atoms with Gasteiger partial charge >= 0.3 is 0 Å². The van der Waals surface area contributed by atoms with E-state index in [1.165, 1.54) is 29.7 Å². The van der Waals surface area contributed by atoms with Crippen molar-refractivity contribution in [3.8, 4) is 11.5 Å².